The fraction of sp³-hybridized carbons (Fsp3) is 0. The lowest BCUT2D eigenvalue weighted by atomic mass is 10.3. The Labute approximate surface area is 92.9 Å². The molecule has 2 aromatic rings. The molecule has 0 saturated carbocycles. The summed E-state index contributed by atoms with van der Waals surface area (Å²) in [5.74, 6) is 0.494. The first-order chi connectivity index (χ1) is 7.24. The molecule has 4 heteroatoms. The number of benzene rings is 1. The van der Waals surface area contributed by atoms with Gasteiger partial charge in [-0.05, 0) is 30.3 Å². The van der Waals surface area contributed by atoms with Crippen LogP contribution in [0.15, 0.2) is 42.6 Å². The normalized spacial score (nSPS) is 9.93. The van der Waals surface area contributed by atoms with Crippen molar-refractivity contribution in [3.05, 3.63) is 47.6 Å². The van der Waals surface area contributed by atoms with Gasteiger partial charge in [0.25, 0.3) is 0 Å². The van der Waals surface area contributed by atoms with Gasteiger partial charge < -0.3 is 11.1 Å². The Hall–Kier alpha value is -1.74. The number of nitrogens with zero attached hydrogens (tertiary/aromatic N) is 1. The summed E-state index contributed by atoms with van der Waals surface area (Å²) in [5.41, 5.74) is 7.43. The minimum absolute atomic E-state index is 0.494. The molecule has 0 aliphatic rings. The molecule has 0 saturated heterocycles. The van der Waals surface area contributed by atoms with Crippen LogP contribution >= 0.6 is 11.6 Å². The van der Waals surface area contributed by atoms with Gasteiger partial charge >= 0.3 is 0 Å². The zero-order valence-corrected chi connectivity index (χ0v) is 8.70. The Morgan fingerprint density at radius 3 is 2.47 bits per heavy atom. The van der Waals surface area contributed by atoms with E-state index in [1.165, 1.54) is 0 Å². The third-order valence-corrected chi connectivity index (χ3v) is 2.17. The number of nitrogen functional groups attached to an aromatic ring is 1. The van der Waals surface area contributed by atoms with Crippen LogP contribution in [0.25, 0.3) is 0 Å². The van der Waals surface area contributed by atoms with Gasteiger partial charge in [0.15, 0.2) is 0 Å². The second-order valence-corrected chi connectivity index (χ2v) is 3.54. The number of hydrogen-bond donors (Lipinski definition) is 2. The van der Waals surface area contributed by atoms with Crippen LogP contribution in [0.2, 0.25) is 5.02 Å². The molecule has 0 atom stereocenters. The molecule has 0 bridgehead atoms. The molecule has 76 valence electrons. The zero-order valence-electron chi connectivity index (χ0n) is 7.94. The highest BCUT2D eigenvalue weighted by Crippen LogP contribution is 2.19. The number of rotatable bonds is 2. The highest BCUT2D eigenvalue weighted by molar-refractivity contribution is 6.30. The monoisotopic (exact) mass is 219 g/mol. The molecule has 0 unspecified atom stereocenters. The largest absolute Gasteiger partial charge is 0.384 e. The van der Waals surface area contributed by atoms with Gasteiger partial charge in [0.2, 0.25) is 0 Å². The molecule has 0 amide bonds. The quantitative estimate of drug-likeness (QED) is 0.816. The Kier molecular flexibility index (Phi) is 2.74. The van der Waals surface area contributed by atoms with E-state index in [0.29, 0.717) is 5.82 Å². The van der Waals surface area contributed by atoms with E-state index >= 15 is 0 Å². The molecule has 1 aromatic carbocycles. The minimum Gasteiger partial charge on any atom is -0.384 e. The zero-order chi connectivity index (χ0) is 10.7. The van der Waals surface area contributed by atoms with E-state index in [4.69, 9.17) is 17.3 Å². The van der Waals surface area contributed by atoms with Crippen molar-refractivity contribution in [1.29, 1.82) is 0 Å². The molecule has 0 aliphatic carbocycles. The van der Waals surface area contributed by atoms with Gasteiger partial charge in [0.1, 0.15) is 5.82 Å². The fourth-order valence-electron chi connectivity index (χ4n) is 1.23. The van der Waals surface area contributed by atoms with E-state index in [0.717, 1.165) is 16.4 Å². The van der Waals surface area contributed by atoms with E-state index in [9.17, 15) is 0 Å². The van der Waals surface area contributed by atoms with Crippen LogP contribution in [-0.4, -0.2) is 4.98 Å². The maximum atomic E-state index is 5.78. The van der Waals surface area contributed by atoms with Crippen molar-refractivity contribution in [2.75, 3.05) is 11.1 Å². The minimum atomic E-state index is 0.494. The molecule has 0 spiro atoms. The van der Waals surface area contributed by atoms with Crippen LogP contribution in [0.5, 0.6) is 0 Å². The molecule has 1 heterocycles. The Morgan fingerprint density at radius 1 is 1.07 bits per heavy atom. The van der Waals surface area contributed by atoms with Crippen molar-refractivity contribution in [1.82, 2.24) is 4.98 Å². The van der Waals surface area contributed by atoms with Gasteiger partial charge in [-0.15, -0.1) is 0 Å². The Morgan fingerprint density at radius 2 is 1.80 bits per heavy atom. The molecule has 15 heavy (non-hydrogen) atoms. The molecule has 3 N–H and O–H groups in total. The number of aromatic nitrogens is 1. The summed E-state index contributed by atoms with van der Waals surface area (Å²) < 4.78 is 0. The third-order valence-electron chi connectivity index (χ3n) is 1.91. The lowest BCUT2D eigenvalue weighted by molar-refractivity contribution is 1.33. The van der Waals surface area contributed by atoms with Crippen LogP contribution in [0.1, 0.15) is 0 Å². The van der Waals surface area contributed by atoms with Crippen molar-refractivity contribution in [2.45, 2.75) is 0 Å². The van der Waals surface area contributed by atoms with Crippen LogP contribution in [0, 0.1) is 0 Å². The summed E-state index contributed by atoms with van der Waals surface area (Å²) in [4.78, 5) is 3.91. The average molecular weight is 220 g/mol. The molecular formula is C11H10ClN3. The highest BCUT2D eigenvalue weighted by atomic mass is 35.5. The third kappa shape index (κ3) is 2.60. The lowest BCUT2D eigenvalue weighted by Gasteiger charge is -2.06. The Balaban J connectivity index is 2.18. The topological polar surface area (TPSA) is 50.9 Å². The SMILES string of the molecule is Nc1cc(Nc2ccc(Cl)cc2)ccn1. The van der Waals surface area contributed by atoms with Gasteiger partial charge in [-0.2, -0.15) is 0 Å². The number of halogens is 1. The smallest absolute Gasteiger partial charge is 0.125 e. The van der Waals surface area contributed by atoms with Crippen molar-refractivity contribution in [3.63, 3.8) is 0 Å². The lowest BCUT2D eigenvalue weighted by Crippen LogP contribution is -1.93. The van der Waals surface area contributed by atoms with Gasteiger partial charge in [-0.3, -0.25) is 0 Å². The van der Waals surface area contributed by atoms with Crippen molar-refractivity contribution in [3.8, 4) is 0 Å². The van der Waals surface area contributed by atoms with Crippen LogP contribution in [0.4, 0.5) is 17.2 Å². The van der Waals surface area contributed by atoms with Crippen molar-refractivity contribution in [2.24, 2.45) is 0 Å². The molecule has 1 aromatic heterocycles. The Bertz CT molecular complexity index is 454. The first-order valence-electron chi connectivity index (χ1n) is 4.48. The molecule has 2 rings (SSSR count). The molecular weight excluding hydrogens is 210 g/mol. The number of nitrogens with two attached hydrogens (primary N) is 1. The van der Waals surface area contributed by atoms with Gasteiger partial charge in [0.05, 0.1) is 0 Å². The second kappa shape index (κ2) is 4.19. The number of pyridine rings is 1. The first kappa shape index (κ1) is 9.80. The summed E-state index contributed by atoms with van der Waals surface area (Å²) in [6.45, 7) is 0. The number of nitrogens with one attached hydrogen (secondary N) is 1. The van der Waals surface area contributed by atoms with E-state index in [1.54, 1.807) is 12.3 Å². The number of hydrogen-bond acceptors (Lipinski definition) is 3. The summed E-state index contributed by atoms with van der Waals surface area (Å²) in [7, 11) is 0. The molecule has 0 aliphatic heterocycles. The van der Waals surface area contributed by atoms with E-state index in [1.807, 2.05) is 30.3 Å². The van der Waals surface area contributed by atoms with Gasteiger partial charge in [-0.25, -0.2) is 4.98 Å². The van der Waals surface area contributed by atoms with Crippen LogP contribution < -0.4 is 11.1 Å². The average Bonchev–Trinajstić information content (AvgIpc) is 2.22. The summed E-state index contributed by atoms with van der Waals surface area (Å²) >= 11 is 5.78. The summed E-state index contributed by atoms with van der Waals surface area (Å²) in [6, 6.07) is 11.1. The first-order valence-corrected chi connectivity index (χ1v) is 4.86. The maximum absolute atomic E-state index is 5.78. The van der Waals surface area contributed by atoms with Crippen LogP contribution in [0.3, 0.4) is 0 Å². The summed E-state index contributed by atoms with van der Waals surface area (Å²) in [5, 5.41) is 3.91. The second-order valence-electron chi connectivity index (χ2n) is 3.10. The highest BCUT2D eigenvalue weighted by Gasteiger charge is 1.95. The standard InChI is InChI=1S/C11H10ClN3/c12-8-1-3-9(4-2-8)15-10-5-6-14-11(13)7-10/h1-7H,(H3,13,14,15). The fourth-order valence-corrected chi connectivity index (χ4v) is 1.35. The predicted molar refractivity (Wildman–Crippen MR) is 63.4 cm³/mol. The van der Waals surface area contributed by atoms with Crippen molar-refractivity contribution < 1.29 is 0 Å². The molecule has 3 nitrogen and oxygen atoms in total. The van der Waals surface area contributed by atoms with E-state index in [-0.39, 0.29) is 0 Å². The van der Waals surface area contributed by atoms with Crippen molar-refractivity contribution >= 4 is 28.8 Å². The summed E-state index contributed by atoms with van der Waals surface area (Å²) in [6.07, 6.45) is 1.66. The maximum Gasteiger partial charge on any atom is 0.125 e. The molecule has 0 radical (unpaired) electrons. The van der Waals surface area contributed by atoms with Gasteiger partial charge in [0, 0.05) is 28.7 Å². The van der Waals surface area contributed by atoms with Gasteiger partial charge in [-0.1, -0.05) is 11.6 Å². The van der Waals surface area contributed by atoms with E-state index < -0.39 is 0 Å². The number of anilines is 3. The van der Waals surface area contributed by atoms with E-state index in [2.05, 4.69) is 10.3 Å². The van der Waals surface area contributed by atoms with Crippen LogP contribution in [-0.2, 0) is 0 Å². The predicted octanol–water partition coefficient (Wildman–Crippen LogP) is 3.06. The molecule has 0 fully saturated rings.